The van der Waals surface area contributed by atoms with Crippen LogP contribution < -0.4 is 5.73 Å². The van der Waals surface area contributed by atoms with Crippen molar-refractivity contribution in [3.05, 3.63) is 28.2 Å². The van der Waals surface area contributed by atoms with Gasteiger partial charge in [-0.15, -0.1) is 0 Å². The molecule has 0 aromatic heterocycles. The Balaban J connectivity index is 2.77. The smallest absolute Gasteiger partial charge is 0.120 e. The molecule has 1 aromatic carbocycles. The third-order valence-corrected chi connectivity index (χ3v) is 3.58. The average Bonchev–Trinajstić information content (AvgIpc) is 2.32. The Labute approximate surface area is 118 Å². The number of phenolic OH excluding ortho intramolecular Hbond substituents is 1. The molecular formula is C14H23BrN2O. The molecule has 0 saturated heterocycles. The molecular weight excluding hydrogens is 292 g/mol. The van der Waals surface area contributed by atoms with E-state index in [1.807, 2.05) is 12.1 Å². The maximum Gasteiger partial charge on any atom is 0.120 e. The summed E-state index contributed by atoms with van der Waals surface area (Å²) in [5.41, 5.74) is 6.81. The van der Waals surface area contributed by atoms with Gasteiger partial charge in [-0.05, 0) is 36.7 Å². The van der Waals surface area contributed by atoms with Gasteiger partial charge in [-0.3, -0.25) is 4.90 Å². The van der Waals surface area contributed by atoms with Crippen molar-refractivity contribution in [2.45, 2.75) is 27.3 Å². The van der Waals surface area contributed by atoms with Crippen LogP contribution in [0.1, 0.15) is 26.3 Å². The predicted molar refractivity (Wildman–Crippen MR) is 79.6 cm³/mol. The second-order valence-electron chi connectivity index (χ2n) is 5.44. The molecule has 0 atom stereocenters. The summed E-state index contributed by atoms with van der Waals surface area (Å²) in [6.07, 6.45) is 0. The monoisotopic (exact) mass is 314 g/mol. The minimum absolute atomic E-state index is 0.0949. The summed E-state index contributed by atoms with van der Waals surface area (Å²) in [6, 6.07) is 5.54. The van der Waals surface area contributed by atoms with E-state index in [0.29, 0.717) is 12.3 Å². The SMILES string of the molecule is CCN(Cc1cc(Br)ccc1O)CC(C)(C)CN. The van der Waals surface area contributed by atoms with E-state index in [9.17, 15) is 5.11 Å². The van der Waals surface area contributed by atoms with Crippen molar-refractivity contribution in [3.63, 3.8) is 0 Å². The first-order valence-corrected chi connectivity index (χ1v) is 7.07. The van der Waals surface area contributed by atoms with Gasteiger partial charge >= 0.3 is 0 Å². The van der Waals surface area contributed by atoms with E-state index in [0.717, 1.165) is 29.7 Å². The number of hydrogen-bond donors (Lipinski definition) is 2. The van der Waals surface area contributed by atoms with Crippen LogP contribution in [0.2, 0.25) is 0 Å². The molecule has 3 N–H and O–H groups in total. The number of nitrogens with two attached hydrogens (primary N) is 1. The quantitative estimate of drug-likeness (QED) is 0.848. The van der Waals surface area contributed by atoms with Gasteiger partial charge in [0.2, 0.25) is 0 Å². The maximum atomic E-state index is 9.86. The molecule has 0 aliphatic carbocycles. The van der Waals surface area contributed by atoms with Crippen LogP contribution in [0.5, 0.6) is 5.75 Å². The summed E-state index contributed by atoms with van der Waals surface area (Å²) in [5, 5.41) is 9.86. The van der Waals surface area contributed by atoms with Gasteiger partial charge in [0, 0.05) is 23.1 Å². The third-order valence-electron chi connectivity index (χ3n) is 3.09. The third kappa shape index (κ3) is 4.59. The van der Waals surface area contributed by atoms with E-state index in [4.69, 9.17) is 5.73 Å². The number of aromatic hydroxyl groups is 1. The minimum atomic E-state index is 0.0949. The summed E-state index contributed by atoms with van der Waals surface area (Å²) in [5.74, 6) is 0.349. The molecule has 0 saturated carbocycles. The van der Waals surface area contributed by atoms with Crippen LogP contribution in [0.25, 0.3) is 0 Å². The van der Waals surface area contributed by atoms with Crippen molar-refractivity contribution in [2.24, 2.45) is 11.1 Å². The molecule has 18 heavy (non-hydrogen) atoms. The lowest BCUT2D eigenvalue weighted by atomic mass is 9.93. The van der Waals surface area contributed by atoms with Crippen LogP contribution in [0.3, 0.4) is 0 Å². The van der Waals surface area contributed by atoms with Gasteiger partial charge in [0.05, 0.1) is 0 Å². The van der Waals surface area contributed by atoms with Gasteiger partial charge < -0.3 is 10.8 Å². The Hall–Kier alpha value is -0.580. The molecule has 102 valence electrons. The van der Waals surface area contributed by atoms with Crippen LogP contribution in [0.4, 0.5) is 0 Å². The second kappa shape index (κ2) is 6.55. The van der Waals surface area contributed by atoms with E-state index in [1.54, 1.807) is 6.07 Å². The van der Waals surface area contributed by atoms with Crippen LogP contribution in [0, 0.1) is 5.41 Å². The fourth-order valence-electron chi connectivity index (χ4n) is 1.87. The van der Waals surface area contributed by atoms with Crippen LogP contribution in [-0.2, 0) is 6.54 Å². The molecule has 1 aromatic rings. The Morgan fingerprint density at radius 2 is 2.06 bits per heavy atom. The summed E-state index contributed by atoms with van der Waals surface area (Å²) in [4.78, 5) is 2.30. The second-order valence-corrected chi connectivity index (χ2v) is 6.36. The van der Waals surface area contributed by atoms with Crippen molar-refractivity contribution in [2.75, 3.05) is 19.6 Å². The predicted octanol–water partition coefficient (Wildman–Crippen LogP) is 2.96. The number of halogens is 1. The molecule has 0 aliphatic rings. The Kier molecular flexibility index (Phi) is 5.63. The molecule has 0 bridgehead atoms. The van der Waals surface area contributed by atoms with Gasteiger partial charge in [-0.25, -0.2) is 0 Å². The standard InChI is InChI=1S/C14H23BrN2O/c1-4-17(10-14(2,3)9-16)8-11-7-12(15)5-6-13(11)18/h5-7,18H,4,8-10,16H2,1-3H3. The van der Waals surface area contributed by atoms with E-state index < -0.39 is 0 Å². The normalized spacial score (nSPS) is 12.1. The van der Waals surface area contributed by atoms with Gasteiger partial charge in [0.25, 0.3) is 0 Å². The summed E-state index contributed by atoms with van der Waals surface area (Å²) < 4.78 is 0.990. The first-order chi connectivity index (χ1) is 8.38. The van der Waals surface area contributed by atoms with Gasteiger partial charge in [-0.2, -0.15) is 0 Å². The molecule has 0 aliphatic heterocycles. The molecule has 0 heterocycles. The van der Waals surface area contributed by atoms with Crippen molar-refractivity contribution in [1.82, 2.24) is 4.90 Å². The Bertz CT molecular complexity index is 393. The van der Waals surface area contributed by atoms with Crippen LogP contribution in [0.15, 0.2) is 22.7 Å². The molecule has 0 radical (unpaired) electrons. The van der Waals surface area contributed by atoms with Crippen molar-refractivity contribution < 1.29 is 5.11 Å². The first kappa shape index (κ1) is 15.5. The van der Waals surface area contributed by atoms with E-state index in [-0.39, 0.29) is 5.41 Å². The lowest BCUT2D eigenvalue weighted by molar-refractivity contribution is 0.182. The zero-order chi connectivity index (χ0) is 13.8. The molecule has 0 fully saturated rings. The van der Waals surface area contributed by atoms with Crippen molar-refractivity contribution in [3.8, 4) is 5.75 Å². The summed E-state index contributed by atoms with van der Waals surface area (Å²) >= 11 is 3.43. The Morgan fingerprint density at radius 3 is 2.61 bits per heavy atom. The summed E-state index contributed by atoms with van der Waals surface area (Å²) in [7, 11) is 0. The fourth-order valence-corrected chi connectivity index (χ4v) is 2.28. The minimum Gasteiger partial charge on any atom is -0.508 e. The first-order valence-electron chi connectivity index (χ1n) is 6.28. The highest BCUT2D eigenvalue weighted by molar-refractivity contribution is 9.10. The zero-order valence-electron chi connectivity index (χ0n) is 11.4. The Morgan fingerprint density at radius 1 is 1.39 bits per heavy atom. The van der Waals surface area contributed by atoms with E-state index in [1.165, 1.54) is 0 Å². The van der Waals surface area contributed by atoms with Crippen molar-refractivity contribution >= 4 is 15.9 Å². The van der Waals surface area contributed by atoms with Gasteiger partial charge in [0.1, 0.15) is 5.75 Å². The van der Waals surface area contributed by atoms with E-state index >= 15 is 0 Å². The number of hydrogen-bond acceptors (Lipinski definition) is 3. The molecule has 0 spiro atoms. The van der Waals surface area contributed by atoms with Gasteiger partial charge in [0.15, 0.2) is 0 Å². The molecule has 0 amide bonds. The van der Waals surface area contributed by atoms with Crippen LogP contribution in [-0.4, -0.2) is 29.6 Å². The molecule has 3 nitrogen and oxygen atoms in total. The highest BCUT2D eigenvalue weighted by Gasteiger charge is 2.20. The van der Waals surface area contributed by atoms with Crippen LogP contribution >= 0.6 is 15.9 Å². The molecule has 0 unspecified atom stereocenters. The number of phenols is 1. The highest BCUT2D eigenvalue weighted by atomic mass is 79.9. The number of nitrogens with zero attached hydrogens (tertiary/aromatic N) is 1. The summed E-state index contributed by atoms with van der Waals surface area (Å²) in [6.45, 7) is 9.72. The fraction of sp³-hybridized carbons (Fsp3) is 0.571. The van der Waals surface area contributed by atoms with E-state index in [2.05, 4.69) is 41.6 Å². The van der Waals surface area contributed by atoms with Crippen molar-refractivity contribution in [1.29, 1.82) is 0 Å². The van der Waals surface area contributed by atoms with Gasteiger partial charge in [-0.1, -0.05) is 36.7 Å². The number of benzene rings is 1. The topological polar surface area (TPSA) is 49.5 Å². The number of rotatable bonds is 6. The maximum absolute atomic E-state index is 9.86. The lowest BCUT2D eigenvalue weighted by Gasteiger charge is -2.31. The lowest BCUT2D eigenvalue weighted by Crippen LogP contribution is -2.38. The molecule has 1 rings (SSSR count). The highest BCUT2D eigenvalue weighted by Crippen LogP contribution is 2.24. The average molecular weight is 315 g/mol. The molecule has 4 heteroatoms. The zero-order valence-corrected chi connectivity index (χ0v) is 13.0. The largest absolute Gasteiger partial charge is 0.508 e.